The van der Waals surface area contributed by atoms with E-state index in [0.717, 1.165) is 22.0 Å². The van der Waals surface area contributed by atoms with Crippen LogP contribution < -0.4 is 5.32 Å². The Morgan fingerprint density at radius 2 is 2.10 bits per heavy atom. The van der Waals surface area contributed by atoms with Gasteiger partial charge in [-0.05, 0) is 44.5 Å². The van der Waals surface area contributed by atoms with E-state index in [-0.39, 0.29) is 11.5 Å². The molecule has 0 amide bonds. The molecule has 0 saturated carbocycles. The normalized spacial score (nSPS) is 11.4. The highest BCUT2D eigenvalue weighted by Crippen LogP contribution is 2.26. The van der Waals surface area contributed by atoms with Gasteiger partial charge in [0.1, 0.15) is 0 Å². The Balaban J connectivity index is 2.67. The van der Waals surface area contributed by atoms with E-state index in [2.05, 4.69) is 30.8 Å². The molecule has 0 unspecified atom stereocenters. The van der Waals surface area contributed by atoms with Gasteiger partial charge in [-0.2, -0.15) is 0 Å². The van der Waals surface area contributed by atoms with Crippen molar-refractivity contribution in [2.45, 2.75) is 44.2 Å². The summed E-state index contributed by atoms with van der Waals surface area (Å²) >= 11 is 7.71. The Morgan fingerprint density at radius 1 is 1.40 bits per heavy atom. The molecule has 1 aromatic rings. The minimum atomic E-state index is -0.180. The lowest BCUT2D eigenvalue weighted by Gasteiger charge is -2.21. The molecule has 5 heteroatoms. The smallest absolute Gasteiger partial charge is 0.306 e. The molecule has 0 aromatic heterocycles. The maximum atomic E-state index is 11.1. The van der Waals surface area contributed by atoms with E-state index in [0.29, 0.717) is 12.2 Å². The zero-order valence-electron chi connectivity index (χ0n) is 12.5. The summed E-state index contributed by atoms with van der Waals surface area (Å²) in [6, 6.07) is 5.85. The monoisotopic (exact) mass is 315 g/mol. The van der Waals surface area contributed by atoms with Crippen molar-refractivity contribution in [2.75, 3.05) is 12.9 Å². The average Bonchev–Trinajstić information content (AvgIpc) is 2.37. The maximum Gasteiger partial charge on any atom is 0.306 e. The third kappa shape index (κ3) is 6.64. The Labute approximate surface area is 130 Å². The number of ether oxygens (including phenoxy) is 1. The van der Waals surface area contributed by atoms with Crippen molar-refractivity contribution >= 4 is 29.3 Å². The second kappa shape index (κ2) is 7.91. The van der Waals surface area contributed by atoms with E-state index in [1.807, 2.05) is 18.2 Å². The van der Waals surface area contributed by atoms with Crippen LogP contribution in [0.15, 0.2) is 23.1 Å². The fourth-order valence-corrected chi connectivity index (χ4v) is 2.70. The van der Waals surface area contributed by atoms with Gasteiger partial charge in [0.2, 0.25) is 0 Å². The molecule has 0 spiro atoms. The predicted octanol–water partition coefficient (Wildman–Crippen LogP) is 3.88. The number of esters is 1. The number of benzene rings is 1. The molecule has 0 radical (unpaired) electrons. The summed E-state index contributed by atoms with van der Waals surface area (Å²) in [5.41, 5.74) is 1.21. The molecule has 0 aliphatic rings. The van der Waals surface area contributed by atoms with Crippen molar-refractivity contribution < 1.29 is 9.53 Å². The van der Waals surface area contributed by atoms with E-state index < -0.39 is 0 Å². The molecule has 1 aromatic carbocycles. The quantitative estimate of drug-likeness (QED) is 0.638. The highest BCUT2D eigenvalue weighted by Gasteiger charge is 2.11. The molecular weight excluding hydrogens is 294 g/mol. The van der Waals surface area contributed by atoms with Crippen molar-refractivity contribution in [3.8, 4) is 0 Å². The Morgan fingerprint density at radius 3 is 2.70 bits per heavy atom. The summed E-state index contributed by atoms with van der Waals surface area (Å²) < 4.78 is 4.64. The Bertz CT molecular complexity index is 458. The Hall–Kier alpha value is -0.710. The summed E-state index contributed by atoms with van der Waals surface area (Å²) in [5, 5.41) is 4.18. The minimum Gasteiger partial charge on any atom is -0.469 e. The first-order valence-electron chi connectivity index (χ1n) is 6.55. The molecule has 0 atom stereocenters. The van der Waals surface area contributed by atoms with Gasteiger partial charge in [-0.3, -0.25) is 4.79 Å². The van der Waals surface area contributed by atoms with E-state index in [1.54, 1.807) is 11.8 Å². The number of rotatable bonds is 6. The van der Waals surface area contributed by atoms with Gasteiger partial charge in [-0.1, -0.05) is 11.6 Å². The molecule has 0 bridgehead atoms. The molecule has 20 heavy (non-hydrogen) atoms. The van der Waals surface area contributed by atoms with Crippen LogP contribution in [-0.4, -0.2) is 24.4 Å². The molecule has 0 aliphatic carbocycles. The summed E-state index contributed by atoms with van der Waals surface area (Å²) in [7, 11) is 1.41. The van der Waals surface area contributed by atoms with Gasteiger partial charge >= 0.3 is 5.97 Å². The van der Waals surface area contributed by atoms with E-state index >= 15 is 0 Å². The van der Waals surface area contributed by atoms with Crippen LogP contribution in [-0.2, 0) is 16.1 Å². The number of halogens is 1. The molecule has 1 N–H and O–H groups in total. The van der Waals surface area contributed by atoms with Gasteiger partial charge < -0.3 is 10.1 Å². The van der Waals surface area contributed by atoms with Crippen LogP contribution in [0.3, 0.4) is 0 Å². The molecule has 0 aliphatic heterocycles. The van der Waals surface area contributed by atoms with Gasteiger partial charge in [0, 0.05) is 27.8 Å². The predicted molar refractivity (Wildman–Crippen MR) is 85.4 cm³/mol. The van der Waals surface area contributed by atoms with Crippen LogP contribution in [0.4, 0.5) is 0 Å². The third-order valence-electron chi connectivity index (χ3n) is 2.62. The summed E-state index contributed by atoms with van der Waals surface area (Å²) in [6.45, 7) is 7.13. The second-order valence-electron chi connectivity index (χ2n) is 5.53. The summed E-state index contributed by atoms with van der Waals surface area (Å²) in [5.74, 6) is 0.525. The first kappa shape index (κ1) is 17.3. The molecule has 0 saturated heterocycles. The van der Waals surface area contributed by atoms with Crippen molar-refractivity contribution in [3.05, 3.63) is 28.8 Å². The van der Waals surface area contributed by atoms with Crippen molar-refractivity contribution in [1.29, 1.82) is 0 Å². The number of hydrogen-bond acceptors (Lipinski definition) is 4. The number of methoxy groups -OCH3 is 1. The van der Waals surface area contributed by atoms with Gasteiger partial charge in [0.25, 0.3) is 0 Å². The molecule has 112 valence electrons. The topological polar surface area (TPSA) is 38.3 Å². The highest BCUT2D eigenvalue weighted by molar-refractivity contribution is 7.99. The molecule has 3 nitrogen and oxygen atoms in total. The van der Waals surface area contributed by atoms with Gasteiger partial charge in [-0.25, -0.2) is 0 Å². The van der Waals surface area contributed by atoms with E-state index in [9.17, 15) is 4.79 Å². The zero-order chi connectivity index (χ0) is 15.2. The number of hydrogen-bond donors (Lipinski definition) is 1. The minimum absolute atomic E-state index is 0.0519. The lowest BCUT2D eigenvalue weighted by molar-refractivity contribution is -0.140. The molecular formula is C15H22ClNO2S. The van der Waals surface area contributed by atoms with Crippen molar-refractivity contribution in [2.24, 2.45) is 0 Å². The number of carbonyl (C=O) groups is 1. The van der Waals surface area contributed by atoms with Crippen LogP contribution in [0, 0.1) is 0 Å². The first-order valence-corrected chi connectivity index (χ1v) is 7.91. The summed E-state index contributed by atoms with van der Waals surface area (Å²) in [6.07, 6.45) is 0.413. The van der Waals surface area contributed by atoms with Crippen LogP contribution in [0.1, 0.15) is 32.8 Å². The van der Waals surface area contributed by atoms with E-state index in [4.69, 9.17) is 11.6 Å². The second-order valence-corrected chi connectivity index (χ2v) is 7.10. The first-order chi connectivity index (χ1) is 9.31. The van der Waals surface area contributed by atoms with Crippen molar-refractivity contribution in [3.63, 3.8) is 0 Å². The highest BCUT2D eigenvalue weighted by atomic mass is 35.5. The van der Waals surface area contributed by atoms with Crippen molar-refractivity contribution in [1.82, 2.24) is 5.32 Å². The Kier molecular flexibility index (Phi) is 6.86. The van der Waals surface area contributed by atoms with E-state index in [1.165, 1.54) is 7.11 Å². The third-order valence-corrected chi connectivity index (χ3v) is 3.98. The molecule has 0 fully saturated rings. The van der Waals surface area contributed by atoms with Crippen LogP contribution in [0.25, 0.3) is 0 Å². The van der Waals surface area contributed by atoms with Gasteiger partial charge in [0.15, 0.2) is 0 Å². The zero-order valence-corrected chi connectivity index (χ0v) is 14.0. The largest absolute Gasteiger partial charge is 0.469 e. The van der Waals surface area contributed by atoms with Gasteiger partial charge in [-0.15, -0.1) is 11.8 Å². The standard InChI is InChI=1S/C15H22ClNO2S/c1-15(2,3)17-10-11-9-12(16)5-6-13(11)20-8-7-14(18)19-4/h5-6,9,17H,7-8,10H2,1-4H3. The van der Waals surface area contributed by atoms with Gasteiger partial charge in [0.05, 0.1) is 13.5 Å². The summed E-state index contributed by atoms with van der Waals surface area (Å²) in [4.78, 5) is 12.3. The maximum absolute atomic E-state index is 11.1. The lowest BCUT2D eigenvalue weighted by atomic mass is 10.1. The molecule has 1 rings (SSSR count). The molecule has 0 heterocycles. The fourth-order valence-electron chi connectivity index (χ4n) is 1.53. The number of nitrogens with one attached hydrogen (secondary N) is 1. The fraction of sp³-hybridized carbons (Fsp3) is 0.533. The van der Waals surface area contributed by atoms with Crippen LogP contribution in [0.5, 0.6) is 0 Å². The number of thioether (sulfide) groups is 1. The van der Waals surface area contributed by atoms with Crippen LogP contribution >= 0.6 is 23.4 Å². The average molecular weight is 316 g/mol. The lowest BCUT2D eigenvalue weighted by Crippen LogP contribution is -2.35. The number of carbonyl (C=O) groups excluding carboxylic acids is 1. The SMILES string of the molecule is COC(=O)CCSc1ccc(Cl)cc1CNC(C)(C)C. The van der Waals surface area contributed by atoms with Crippen LogP contribution in [0.2, 0.25) is 5.02 Å².